The van der Waals surface area contributed by atoms with E-state index in [1.165, 1.54) is 19.3 Å². The molecule has 0 aromatic heterocycles. The molecular formula is C13H24N2O. The Morgan fingerprint density at radius 1 is 1.38 bits per heavy atom. The van der Waals surface area contributed by atoms with E-state index >= 15 is 0 Å². The van der Waals surface area contributed by atoms with Gasteiger partial charge in [0.05, 0.1) is 0 Å². The van der Waals surface area contributed by atoms with Crippen LogP contribution in [-0.2, 0) is 0 Å². The van der Waals surface area contributed by atoms with Gasteiger partial charge < -0.3 is 10.6 Å². The largest absolute Gasteiger partial charge is 0.338 e. The molecule has 2 N–H and O–H groups in total. The minimum atomic E-state index is -0.00523. The standard InChI is InChI=1S/C13H24N2O/c1-5-14-11(16)15-10-12(2,3)9-6-7-13(10,4)8-9/h9-10H,5-8H2,1-4H3,(H2,14,15,16). The third kappa shape index (κ3) is 1.61. The van der Waals surface area contributed by atoms with E-state index in [1.807, 2.05) is 6.92 Å². The van der Waals surface area contributed by atoms with E-state index in [0.717, 1.165) is 5.92 Å². The van der Waals surface area contributed by atoms with Crippen molar-refractivity contribution in [2.75, 3.05) is 6.54 Å². The Morgan fingerprint density at radius 2 is 2.06 bits per heavy atom. The van der Waals surface area contributed by atoms with Gasteiger partial charge in [-0.05, 0) is 42.9 Å². The summed E-state index contributed by atoms with van der Waals surface area (Å²) < 4.78 is 0. The van der Waals surface area contributed by atoms with E-state index in [4.69, 9.17) is 0 Å². The highest BCUT2D eigenvalue weighted by molar-refractivity contribution is 5.74. The van der Waals surface area contributed by atoms with E-state index in [1.54, 1.807) is 0 Å². The lowest BCUT2D eigenvalue weighted by Crippen LogP contribution is -2.54. The molecule has 16 heavy (non-hydrogen) atoms. The van der Waals surface area contributed by atoms with Gasteiger partial charge in [-0.25, -0.2) is 4.79 Å². The van der Waals surface area contributed by atoms with Crippen molar-refractivity contribution in [1.82, 2.24) is 10.6 Å². The second-order valence-electron chi connectivity index (χ2n) is 6.35. The van der Waals surface area contributed by atoms with Gasteiger partial charge in [0, 0.05) is 12.6 Å². The number of carbonyl (C=O) groups excluding carboxylic acids is 1. The second-order valence-corrected chi connectivity index (χ2v) is 6.35. The van der Waals surface area contributed by atoms with E-state index < -0.39 is 0 Å². The number of hydrogen-bond donors (Lipinski definition) is 2. The Kier molecular flexibility index (Phi) is 2.67. The zero-order valence-corrected chi connectivity index (χ0v) is 10.9. The first kappa shape index (κ1) is 11.7. The number of nitrogens with one attached hydrogen (secondary N) is 2. The van der Waals surface area contributed by atoms with Crippen molar-refractivity contribution < 1.29 is 4.79 Å². The maximum atomic E-state index is 11.7. The fourth-order valence-corrected chi connectivity index (χ4v) is 4.00. The summed E-state index contributed by atoms with van der Waals surface area (Å²) in [6, 6.07) is 0.319. The molecule has 2 aliphatic rings. The van der Waals surface area contributed by atoms with Crippen LogP contribution in [0.4, 0.5) is 4.79 Å². The first-order valence-corrected chi connectivity index (χ1v) is 6.44. The lowest BCUT2D eigenvalue weighted by atomic mass is 9.68. The third-order valence-electron chi connectivity index (χ3n) is 4.88. The van der Waals surface area contributed by atoms with Crippen molar-refractivity contribution in [2.24, 2.45) is 16.7 Å². The summed E-state index contributed by atoms with van der Waals surface area (Å²) in [5.41, 5.74) is 0.567. The molecule has 0 aliphatic heterocycles. The molecule has 0 radical (unpaired) electrons. The van der Waals surface area contributed by atoms with Crippen molar-refractivity contribution in [3.8, 4) is 0 Å². The Bertz CT molecular complexity index is 296. The average molecular weight is 224 g/mol. The van der Waals surface area contributed by atoms with Crippen LogP contribution in [0.2, 0.25) is 0 Å². The fourth-order valence-electron chi connectivity index (χ4n) is 4.00. The number of carbonyl (C=O) groups is 1. The van der Waals surface area contributed by atoms with Gasteiger partial charge in [-0.2, -0.15) is 0 Å². The molecule has 92 valence electrons. The molecule has 2 amide bonds. The molecular weight excluding hydrogens is 200 g/mol. The molecule has 2 rings (SSSR count). The summed E-state index contributed by atoms with van der Waals surface area (Å²) in [5.74, 6) is 0.782. The van der Waals surface area contributed by atoms with Gasteiger partial charge in [-0.15, -0.1) is 0 Å². The second kappa shape index (κ2) is 3.64. The predicted octanol–water partition coefficient (Wildman–Crippen LogP) is 2.52. The Labute approximate surface area is 98.4 Å². The van der Waals surface area contributed by atoms with Gasteiger partial charge in [-0.3, -0.25) is 0 Å². The van der Waals surface area contributed by atoms with Crippen LogP contribution in [0.15, 0.2) is 0 Å². The van der Waals surface area contributed by atoms with E-state index in [-0.39, 0.29) is 11.4 Å². The molecule has 2 bridgehead atoms. The maximum absolute atomic E-state index is 11.7. The van der Waals surface area contributed by atoms with Gasteiger partial charge in [0.1, 0.15) is 0 Å². The third-order valence-corrected chi connectivity index (χ3v) is 4.88. The lowest BCUT2D eigenvalue weighted by Gasteiger charge is -2.43. The predicted molar refractivity (Wildman–Crippen MR) is 65.2 cm³/mol. The van der Waals surface area contributed by atoms with Gasteiger partial charge in [0.2, 0.25) is 0 Å². The Hall–Kier alpha value is -0.730. The molecule has 3 unspecified atom stereocenters. The first-order valence-electron chi connectivity index (χ1n) is 6.44. The quantitative estimate of drug-likeness (QED) is 0.743. The highest BCUT2D eigenvalue weighted by Crippen LogP contribution is 2.62. The van der Waals surface area contributed by atoms with Gasteiger partial charge in [0.25, 0.3) is 0 Å². The SMILES string of the molecule is CCNC(=O)NC1C2(C)CCC(C2)C1(C)C. The summed E-state index contributed by atoms with van der Waals surface area (Å²) >= 11 is 0. The highest BCUT2D eigenvalue weighted by atomic mass is 16.2. The molecule has 0 aromatic carbocycles. The lowest BCUT2D eigenvalue weighted by molar-refractivity contribution is 0.114. The molecule has 3 atom stereocenters. The molecule has 0 aromatic rings. The smallest absolute Gasteiger partial charge is 0.315 e. The monoisotopic (exact) mass is 224 g/mol. The van der Waals surface area contributed by atoms with Crippen LogP contribution in [0.5, 0.6) is 0 Å². The number of hydrogen-bond acceptors (Lipinski definition) is 1. The minimum absolute atomic E-state index is 0.00523. The van der Waals surface area contributed by atoms with E-state index in [9.17, 15) is 4.79 Å². The number of fused-ring (bicyclic) bond motifs is 2. The first-order chi connectivity index (χ1) is 7.40. The average Bonchev–Trinajstić information content (AvgIpc) is 2.64. The summed E-state index contributed by atoms with van der Waals surface area (Å²) in [4.78, 5) is 11.7. The van der Waals surface area contributed by atoms with Crippen LogP contribution < -0.4 is 10.6 Å². The van der Waals surface area contributed by atoms with Crippen molar-refractivity contribution >= 4 is 6.03 Å². The molecule has 3 heteroatoms. The summed E-state index contributed by atoms with van der Waals surface area (Å²) in [7, 11) is 0. The summed E-state index contributed by atoms with van der Waals surface area (Å²) in [6.07, 6.45) is 3.87. The van der Waals surface area contributed by atoms with Crippen LogP contribution in [0.3, 0.4) is 0 Å². The number of amides is 2. The highest BCUT2D eigenvalue weighted by Gasteiger charge is 2.59. The van der Waals surface area contributed by atoms with Crippen LogP contribution >= 0.6 is 0 Å². The van der Waals surface area contributed by atoms with Gasteiger partial charge in [-0.1, -0.05) is 20.8 Å². The van der Waals surface area contributed by atoms with Crippen molar-refractivity contribution in [1.29, 1.82) is 0 Å². The molecule has 2 aliphatic carbocycles. The van der Waals surface area contributed by atoms with Gasteiger partial charge >= 0.3 is 6.03 Å². The number of urea groups is 1. The fraction of sp³-hybridized carbons (Fsp3) is 0.923. The number of rotatable bonds is 2. The van der Waals surface area contributed by atoms with Crippen LogP contribution in [-0.4, -0.2) is 18.6 Å². The molecule has 0 spiro atoms. The zero-order chi connectivity index (χ0) is 12.0. The molecule has 2 fully saturated rings. The van der Waals surface area contributed by atoms with Crippen LogP contribution in [0.25, 0.3) is 0 Å². The van der Waals surface area contributed by atoms with Crippen LogP contribution in [0, 0.1) is 16.7 Å². The summed E-state index contributed by atoms with van der Waals surface area (Å²) in [6.45, 7) is 9.59. The van der Waals surface area contributed by atoms with Crippen molar-refractivity contribution in [2.45, 2.75) is 53.0 Å². The maximum Gasteiger partial charge on any atom is 0.315 e. The summed E-state index contributed by atoms with van der Waals surface area (Å²) in [5, 5.41) is 6.03. The Balaban J connectivity index is 2.11. The van der Waals surface area contributed by atoms with Crippen LogP contribution in [0.1, 0.15) is 47.0 Å². The Morgan fingerprint density at radius 3 is 2.56 bits per heavy atom. The minimum Gasteiger partial charge on any atom is -0.338 e. The molecule has 0 heterocycles. The van der Waals surface area contributed by atoms with Crippen molar-refractivity contribution in [3.63, 3.8) is 0 Å². The molecule has 3 nitrogen and oxygen atoms in total. The normalized spacial score (nSPS) is 39.8. The van der Waals surface area contributed by atoms with E-state index in [2.05, 4.69) is 31.4 Å². The molecule has 2 saturated carbocycles. The topological polar surface area (TPSA) is 41.1 Å². The van der Waals surface area contributed by atoms with Crippen molar-refractivity contribution in [3.05, 3.63) is 0 Å². The van der Waals surface area contributed by atoms with E-state index in [0.29, 0.717) is 18.0 Å². The molecule has 0 saturated heterocycles. The zero-order valence-electron chi connectivity index (χ0n) is 10.9. The van der Waals surface area contributed by atoms with Gasteiger partial charge in [0.15, 0.2) is 0 Å².